The van der Waals surface area contributed by atoms with E-state index < -0.39 is 22.8 Å². The molecule has 0 aliphatic heterocycles. The molecule has 2 rings (SSSR count). The van der Waals surface area contributed by atoms with E-state index in [9.17, 15) is 19.3 Å². The molecule has 10 heteroatoms. The zero-order chi connectivity index (χ0) is 15.6. The molecule has 21 heavy (non-hydrogen) atoms. The van der Waals surface area contributed by atoms with Crippen molar-refractivity contribution in [1.82, 2.24) is 15.0 Å². The van der Waals surface area contributed by atoms with Crippen molar-refractivity contribution in [2.24, 2.45) is 5.73 Å². The van der Waals surface area contributed by atoms with Crippen LogP contribution in [0.1, 0.15) is 5.69 Å². The van der Waals surface area contributed by atoms with Crippen molar-refractivity contribution in [3.63, 3.8) is 0 Å². The lowest BCUT2D eigenvalue weighted by Gasteiger charge is -2.02. The lowest BCUT2D eigenvalue weighted by molar-refractivity contribution is -0.384. The number of carboxylic acids is 1. The number of halogens is 1. The first-order chi connectivity index (χ1) is 9.88. The maximum atomic E-state index is 13.2. The van der Waals surface area contributed by atoms with Crippen LogP contribution in [0.3, 0.4) is 0 Å². The lowest BCUT2D eigenvalue weighted by atomic mass is 10.2. The summed E-state index contributed by atoms with van der Waals surface area (Å²) >= 11 is 0. The molecule has 110 valence electrons. The van der Waals surface area contributed by atoms with E-state index in [-0.39, 0.29) is 23.5 Å². The molecule has 0 bridgehead atoms. The molecule has 0 aliphatic carbocycles. The Kier molecular flexibility index (Phi) is 3.89. The Morgan fingerprint density at radius 3 is 2.90 bits per heavy atom. The number of hydrogen-bond acceptors (Lipinski definition) is 6. The summed E-state index contributed by atoms with van der Waals surface area (Å²) in [6, 6.07) is 1.74. The molecular weight excluding hydrogens is 285 g/mol. The van der Waals surface area contributed by atoms with E-state index in [1.807, 2.05) is 0 Å². The van der Waals surface area contributed by atoms with Crippen LogP contribution in [0.15, 0.2) is 24.4 Å². The van der Waals surface area contributed by atoms with Crippen LogP contribution in [0.25, 0.3) is 5.69 Å². The summed E-state index contributed by atoms with van der Waals surface area (Å²) in [7, 11) is 0. The first-order valence-electron chi connectivity index (χ1n) is 5.72. The summed E-state index contributed by atoms with van der Waals surface area (Å²) in [6.45, 7) is 0. The number of aliphatic carboxylic acids is 1. The Morgan fingerprint density at radius 2 is 2.29 bits per heavy atom. The van der Waals surface area contributed by atoms with Gasteiger partial charge in [0, 0.05) is 18.6 Å². The van der Waals surface area contributed by atoms with Gasteiger partial charge >= 0.3 is 5.97 Å². The summed E-state index contributed by atoms with van der Waals surface area (Å²) in [4.78, 5) is 20.9. The zero-order valence-electron chi connectivity index (χ0n) is 10.5. The number of nitrogens with two attached hydrogens (primary N) is 1. The molecule has 3 N–H and O–H groups in total. The van der Waals surface area contributed by atoms with Crippen LogP contribution in [0.4, 0.5) is 10.1 Å². The van der Waals surface area contributed by atoms with Crippen molar-refractivity contribution in [3.05, 3.63) is 46.0 Å². The van der Waals surface area contributed by atoms with Gasteiger partial charge in [0.15, 0.2) is 0 Å². The molecular formula is C11H10FN5O4. The number of nitrogens with zero attached hydrogens (tertiary/aromatic N) is 4. The van der Waals surface area contributed by atoms with Gasteiger partial charge in [0.05, 0.1) is 16.8 Å². The van der Waals surface area contributed by atoms with Crippen LogP contribution in [0, 0.1) is 15.9 Å². The number of carbonyl (C=O) groups is 1. The minimum absolute atomic E-state index is 0.0988. The Bertz CT molecular complexity index is 702. The summed E-state index contributed by atoms with van der Waals surface area (Å²) in [6.07, 6.45) is 1.17. The van der Waals surface area contributed by atoms with E-state index >= 15 is 0 Å². The highest BCUT2D eigenvalue weighted by molar-refractivity contribution is 5.73. The number of aromatic nitrogens is 3. The second-order valence-corrected chi connectivity index (χ2v) is 4.19. The average molecular weight is 295 g/mol. The number of rotatable bonds is 5. The molecule has 0 spiro atoms. The van der Waals surface area contributed by atoms with Gasteiger partial charge in [-0.25, -0.2) is 9.07 Å². The molecule has 0 radical (unpaired) electrons. The third-order valence-electron chi connectivity index (χ3n) is 2.67. The SMILES string of the molecule is NC(Cc1cn(-c2cc(F)ccc2[N+](=O)[O-])nn1)C(=O)O. The lowest BCUT2D eigenvalue weighted by Crippen LogP contribution is -2.32. The van der Waals surface area contributed by atoms with Gasteiger partial charge in [-0.2, -0.15) is 0 Å². The Hall–Kier alpha value is -2.88. The first kappa shape index (κ1) is 14.5. The molecule has 0 amide bonds. The van der Waals surface area contributed by atoms with Gasteiger partial charge in [-0.3, -0.25) is 14.9 Å². The molecule has 1 aromatic carbocycles. The highest BCUT2D eigenvalue weighted by atomic mass is 19.1. The molecule has 9 nitrogen and oxygen atoms in total. The number of carboxylic acid groups (broad SMARTS) is 1. The highest BCUT2D eigenvalue weighted by Gasteiger charge is 2.19. The summed E-state index contributed by atoms with van der Waals surface area (Å²) in [5, 5.41) is 26.9. The fraction of sp³-hybridized carbons (Fsp3) is 0.182. The van der Waals surface area contributed by atoms with Crippen LogP contribution >= 0.6 is 0 Å². The van der Waals surface area contributed by atoms with Crippen molar-refractivity contribution in [1.29, 1.82) is 0 Å². The van der Waals surface area contributed by atoms with Crippen LogP contribution < -0.4 is 5.73 Å². The van der Waals surface area contributed by atoms with Crippen LogP contribution in [-0.4, -0.2) is 37.0 Å². The molecule has 1 aromatic heterocycles. The number of benzene rings is 1. The smallest absolute Gasteiger partial charge is 0.320 e. The average Bonchev–Trinajstić information content (AvgIpc) is 2.86. The predicted molar refractivity (Wildman–Crippen MR) is 67.3 cm³/mol. The number of nitro benzene ring substituents is 1. The van der Waals surface area contributed by atoms with Crippen LogP contribution in [-0.2, 0) is 11.2 Å². The third kappa shape index (κ3) is 3.17. The largest absolute Gasteiger partial charge is 0.480 e. The van der Waals surface area contributed by atoms with Crippen LogP contribution in [0.5, 0.6) is 0 Å². The molecule has 1 atom stereocenters. The van der Waals surface area contributed by atoms with Crippen molar-refractivity contribution in [2.45, 2.75) is 12.5 Å². The van der Waals surface area contributed by atoms with E-state index in [4.69, 9.17) is 10.8 Å². The van der Waals surface area contributed by atoms with Gasteiger partial charge < -0.3 is 10.8 Å². The highest BCUT2D eigenvalue weighted by Crippen LogP contribution is 2.23. The quantitative estimate of drug-likeness (QED) is 0.596. The normalized spacial score (nSPS) is 12.1. The zero-order valence-corrected chi connectivity index (χ0v) is 10.5. The Labute approximate surface area is 116 Å². The predicted octanol–water partition coefficient (Wildman–Crippen LogP) is 0.269. The molecule has 0 fully saturated rings. The van der Waals surface area contributed by atoms with Gasteiger partial charge in [-0.1, -0.05) is 5.21 Å². The van der Waals surface area contributed by atoms with Gasteiger partial charge in [0.1, 0.15) is 17.5 Å². The van der Waals surface area contributed by atoms with Gasteiger partial charge in [-0.15, -0.1) is 5.10 Å². The second-order valence-electron chi connectivity index (χ2n) is 4.19. The second kappa shape index (κ2) is 5.63. The molecule has 1 heterocycles. The monoisotopic (exact) mass is 295 g/mol. The maximum absolute atomic E-state index is 13.2. The minimum Gasteiger partial charge on any atom is -0.480 e. The minimum atomic E-state index is -1.21. The van der Waals surface area contributed by atoms with Crippen LogP contribution in [0.2, 0.25) is 0 Å². The molecule has 0 saturated heterocycles. The van der Waals surface area contributed by atoms with Crippen molar-refractivity contribution in [2.75, 3.05) is 0 Å². The summed E-state index contributed by atoms with van der Waals surface area (Å²) < 4.78 is 14.2. The standard InChI is InChI=1S/C11H10FN5O4/c12-6-1-2-9(17(20)21)10(3-6)16-5-7(14-15-16)4-8(13)11(18)19/h1-3,5,8H,4,13H2,(H,18,19). The maximum Gasteiger partial charge on any atom is 0.320 e. The first-order valence-corrected chi connectivity index (χ1v) is 5.72. The summed E-state index contributed by atoms with van der Waals surface area (Å²) in [5.74, 6) is -1.88. The van der Waals surface area contributed by atoms with Gasteiger partial charge in [-0.05, 0) is 6.07 Å². The van der Waals surface area contributed by atoms with E-state index in [1.165, 1.54) is 6.20 Å². The fourth-order valence-corrected chi connectivity index (χ4v) is 1.66. The van der Waals surface area contributed by atoms with Gasteiger partial charge in [0.2, 0.25) is 0 Å². The van der Waals surface area contributed by atoms with E-state index in [1.54, 1.807) is 0 Å². The topological polar surface area (TPSA) is 137 Å². The fourth-order valence-electron chi connectivity index (χ4n) is 1.66. The van der Waals surface area contributed by atoms with E-state index in [0.29, 0.717) is 0 Å². The molecule has 2 aromatic rings. The molecule has 0 aliphatic rings. The number of nitro groups is 1. The molecule has 1 unspecified atom stereocenters. The third-order valence-corrected chi connectivity index (χ3v) is 2.67. The van der Waals surface area contributed by atoms with E-state index in [0.717, 1.165) is 22.9 Å². The van der Waals surface area contributed by atoms with Crippen molar-refractivity contribution in [3.8, 4) is 5.69 Å². The Balaban J connectivity index is 2.35. The molecule has 0 saturated carbocycles. The van der Waals surface area contributed by atoms with Crippen molar-refractivity contribution >= 4 is 11.7 Å². The van der Waals surface area contributed by atoms with Gasteiger partial charge in [0.25, 0.3) is 5.69 Å². The van der Waals surface area contributed by atoms with E-state index in [2.05, 4.69) is 10.3 Å². The van der Waals surface area contributed by atoms with Crippen molar-refractivity contribution < 1.29 is 19.2 Å². The Morgan fingerprint density at radius 1 is 1.57 bits per heavy atom. The summed E-state index contributed by atoms with van der Waals surface area (Å²) in [5.41, 5.74) is 5.12. The number of hydrogen-bond donors (Lipinski definition) is 2.